The zero-order valence-corrected chi connectivity index (χ0v) is 19.3. The Balaban J connectivity index is 1.50. The summed E-state index contributed by atoms with van der Waals surface area (Å²) < 4.78 is 19.0. The van der Waals surface area contributed by atoms with Crippen molar-refractivity contribution in [2.75, 3.05) is 37.4 Å². The molecule has 1 aromatic heterocycles. The minimum atomic E-state index is -0.496. The number of piperidine rings is 1. The third kappa shape index (κ3) is 5.89. The number of nitrogens with one attached hydrogen (secondary N) is 2. The van der Waals surface area contributed by atoms with Gasteiger partial charge in [-0.15, -0.1) is 0 Å². The molecule has 1 fully saturated rings. The van der Waals surface area contributed by atoms with E-state index in [-0.39, 0.29) is 10.9 Å². The smallest absolute Gasteiger partial charge is 0.224 e. The van der Waals surface area contributed by atoms with Crippen LogP contribution in [0.25, 0.3) is 10.9 Å². The van der Waals surface area contributed by atoms with Gasteiger partial charge in [0.25, 0.3) is 0 Å². The summed E-state index contributed by atoms with van der Waals surface area (Å²) in [6.07, 6.45) is 6.44. The number of carbonyl (C=O) groups is 1. The van der Waals surface area contributed by atoms with Crippen LogP contribution in [0, 0.1) is 5.82 Å². The molecule has 3 aromatic rings. The summed E-state index contributed by atoms with van der Waals surface area (Å²) in [7, 11) is 1.55. The zero-order chi connectivity index (χ0) is 23.2. The molecule has 7 nitrogen and oxygen atoms in total. The summed E-state index contributed by atoms with van der Waals surface area (Å²) in [4.78, 5) is 23.7. The lowest BCUT2D eigenvalue weighted by Crippen LogP contribution is -2.31. The van der Waals surface area contributed by atoms with E-state index in [2.05, 4.69) is 25.5 Å². The van der Waals surface area contributed by atoms with Crippen molar-refractivity contribution in [3.63, 3.8) is 0 Å². The van der Waals surface area contributed by atoms with E-state index in [0.717, 1.165) is 26.1 Å². The van der Waals surface area contributed by atoms with Crippen LogP contribution >= 0.6 is 11.6 Å². The molecule has 9 heteroatoms. The average Bonchev–Trinajstić information content (AvgIpc) is 2.82. The number of anilines is 3. The molecule has 4 rings (SSSR count). The molecule has 2 N–H and O–H groups in total. The number of amides is 1. The summed E-state index contributed by atoms with van der Waals surface area (Å²) in [6.45, 7) is 3.18. The molecule has 0 saturated carbocycles. The van der Waals surface area contributed by atoms with Crippen LogP contribution in [0.2, 0.25) is 5.02 Å². The first-order valence-electron chi connectivity index (χ1n) is 11.1. The molecule has 1 aliphatic heterocycles. The molecule has 0 aliphatic carbocycles. The Bertz CT molecular complexity index is 1140. The number of likely N-dealkylation sites (tertiary alicyclic amines) is 1. The number of rotatable bonds is 8. The van der Waals surface area contributed by atoms with Crippen molar-refractivity contribution < 1.29 is 13.9 Å². The SMILES string of the molecule is COc1cc2ncnc(Nc3ccc(F)c(Cl)c3)c2cc1NC(=O)CCCN1CCCCC1. The number of benzene rings is 2. The minimum absolute atomic E-state index is 0.0116. The van der Waals surface area contributed by atoms with Crippen LogP contribution in [0.3, 0.4) is 0 Å². The Morgan fingerprint density at radius 1 is 1.18 bits per heavy atom. The van der Waals surface area contributed by atoms with Gasteiger partial charge < -0.3 is 20.3 Å². The van der Waals surface area contributed by atoms with Crippen LogP contribution in [0.15, 0.2) is 36.7 Å². The van der Waals surface area contributed by atoms with Crippen molar-refractivity contribution in [3.8, 4) is 5.75 Å². The maximum atomic E-state index is 13.5. The molecule has 0 atom stereocenters. The fourth-order valence-electron chi connectivity index (χ4n) is 4.02. The molecule has 0 unspecified atom stereocenters. The van der Waals surface area contributed by atoms with Crippen LogP contribution < -0.4 is 15.4 Å². The first kappa shape index (κ1) is 23.2. The average molecular weight is 472 g/mol. The van der Waals surface area contributed by atoms with Gasteiger partial charge in [0.2, 0.25) is 5.91 Å². The maximum absolute atomic E-state index is 13.5. The summed E-state index contributed by atoms with van der Waals surface area (Å²) in [6, 6.07) is 7.88. The van der Waals surface area contributed by atoms with Crippen molar-refractivity contribution in [1.29, 1.82) is 0 Å². The van der Waals surface area contributed by atoms with Gasteiger partial charge in [-0.2, -0.15) is 0 Å². The summed E-state index contributed by atoms with van der Waals surface area (Å²) >= 11 is 5.90. The van der Waals surface area contributed by atoms with Gasteiger partial charge in [-0.25, -0.2) is 14.4 Å². The Morgan fingerprint density at radius 3 is 2.76 bits per heavy atom. The largest absolute Gasteiger partial charge is 0.494 e. The van der Waals surface area contributed by atoms with Crippen molar-refractivity contribution in [2.24, 2.45) is 0 Å². The highest BCUT2D eigenvalue weighted by Gasteiger charge is 2.15. The highest BCUT2D eigenvalue weighted by atomic mass is 35.5. The molecule has 1 saturated heterocycles. The van der Waals surface area contributed by atoms with Gasteiger partial charge in [0, 0.05) is 23.6 Å². The number of hydrogen-bond acceptors (Lipinski definition) is 6. The monoisotopic (exact) mass is 471 g/mol. The number of hydrogen-bond donors (Lipinski definition) is 2. The summed E-state index contributed by atoms with van der Waals surface area (Å²) in [5.74, 6) is 0.457. The number of halogens is 2. The second-order valence-electron chi connectivity index (χ2n) is 8.10. The van der Waals surface area contributed by atoms with E-state index in [1.54, 1.807) is 25.3 Å². The molecule has 174 valence electrons. The molecule has 0 spiro atoms. The molecule has 1 aliphatic rings. The van der Waals surface area contributed by atoms with Crippen LogP contribution in [0.1, 0.15) is 32.1 Å². The van der Waals surface area contributed by atoms with Gasteiger partial charge in [-0.1, -0.05) is 18.0 Å². The molecule has 0 radical (unpaired) electrons. The van der Waals surface area contributed by atoms with Gasteiger partial charge in [0.15, 0.2) is 0 Å². The van der Waals surface area contributed by atoms with Crippen molar-refractivity contribution >= 4 is 45.6 Å². The normalized spacial score (nSPS) is 14.3. The number of nitrogens with zero attached hydrogens (tertiary/aromatic N) is 3. The highest BCUT2D eigenvalue weighted by Crippen LogP contribution is 2.33. The fraction of sp³-hybridized carbons (Fsp3) is 0.375. The van der Waals surface area contributed by atoms with Crippen molar-refractivity contribution in [1.82, 2.24) is 14.9 Å². The van der Waals surface area contributed by atoms with Gasteiger partial charge in [0.1, 0.15) is 23.7 Å². The van der Waals surface area contributed by atoms with Crippen LogP contribution in [-0.2, 0) is 4.79 Å². The second kappa shape index (κ2) is 10.8. The van der Waals surface area contributed by atoms with Crippen LogP contribution in [0.5, 0.6) is 5.75 Å². The van der Waals surface area contributed by atoms with Gasteiger partial charge in [-0.05, 0) is 63.2 Å². The van der Waals surface area contributed by atoms with E-state index >= 15 is 0 Å². The molecule has 2 aromatic carbocycles. The lowest BCUT2D eigenvalue weighted by Gasteiger charge is -2.26. The standard InChI is InChI=1S/C24H27ClFN5O2/c1-33-22-14-20-17(24(28-15-27-20)29-16-7-8-19(26)18(25)12-16)13-21(22)30-23(32)6-5-11-31-9-3-2-4-10-31/h7-8,12-15H,2-6,9-11H2,1H3,(H,30,32)(H,27,28,29). The first-order chi connectivity index (χ1) is 16.0. The van der Waals surface area contributed by atoms with E-state index < -0.39 is 5.82 Å². The molecule has 2 heterocycles. The van der Waals surface area contributed by atoms with E-state index in [4.69, 9.17) is 16.3 Å². The molecule has 33 heavy (non-hydrogen) atoms. The number of fused-ring (bicyclic) bond motifs is 1. The highest BCUT2D eigenvalue weighted by molar-refractivity contribution is 6.31. The van der Waals surface area contributed by atoms with Gasteiger partial charge in [0.05, 0.1) is 23.3 Å². The fourth-order valence-corrected chi connectivity index (χ4v) is 4.20. The number of aromatic nitrogens is 2. The Hall–Kier alpha value is -2.97. The first-order valence-corrected chi connectivity index (χ1v) is 11.5. The lowest BCUT2D eigenvalue weighted by molar-refractivity contribution is -0.116. The van der Waals surface area contributed by atoms with Crippen molar-refractivity contribution in [3.05, 3.63) is 47.5 Å². The Morgan fingerprint density at radius 2 is 2.00 bits per heavy atom. The molecule has 0 bridgehead atoms. The molecule has 1 amide bonds. The number of methoxy groups -OCH3 is 1. The Labute approximate surface area is 197 Å². The van der Waals surface area contributed by atoms with Gasteiger partial charge in [-0.3, -0.25) is 4.79 Å². The summed E-state index contributed by atoms with van der Waals surface area (Å²) in [5, 5.41) is 6.80. The van der Waals surface area contributed by atoms with E-state index in [1.165, 1.54) is 37.7 Å². The maximum Gasteiger partial charge on any atom is 0.224 e. The predicted molar refractivity (Wildman–Crippen MR) is 129 cm³/mol. The van der Waals surface area contributed by atoms with E-state index in [0.29, 0.717) is 40.3 Å². The summed E-state index contributed by atoms with van der Waals surface area (Å²) in [5.41, 5.74) is 1.77. The Kier molecular flexibility index (Phi) is 7.57. The van der Waals surface area contributed by atoms with E-state index in [1.807, 2.05) is 0 Å². The number of carbonyl (C=O) groups excluding carboxylic acids is 1. The topological polar surface area (TPSA) is 79.4 Å². The predicted octanol–water partition coefficient (Wildman–Crippen LogP) is 5.38. The van der Waals surface area contributed by atoms with E-state index in [9.17, 15) is 9.18 Å². The second-order valence-corrected chi connectivity index (χ2v) is 8.51. The van der Waals surface area contributed by atoms with Crippen LogP contribution in [-0.4, -0.2) is 47.5 Å². The third-order valence-electron chi connectivity index (χ3n) is 5.74. The third-order valence-corrected chi connectivity index (χ3v) is 6.03. The van der Waals surface area contributed by atoms with Gasteiger partial charge >= 0.3 is 0 Å². The quantitative estimate of drug-likeness (QED) is 0.459. The molecular weight excluding hydrogens is 445 g/mol. The minimum Gasteiger partial charge on any atom is -0.494 e. The number of ether oxygens (including phenoxy) is 1. The lowest BCUT2D eigenvalue weighted by atomic mass is 10.1. The molecular formula is C24H27ClFN5O2. The van der Waals surface area contributed by atoms with Crippen LogP contribution in [0.4, 0.5) is 21.6 Å². The zero-order valence-electron chi connectivity index (χ0n) is 18.5. The van der Waals surface area contributed by atoms with Crippen molar-refractivity contribution in [2.45, 2.75) is 32.1 Å².